The summed E-state index contributed by atoms with van der Waals surface area (Å²) in [5.74, 6) is -3.87. The summed E-state index contributed by atoms with van der Waals surface area (Å²) in [5, 5.41) is 0. The second-order valence-electron chi connectivity index (χ2n) is 43.0. The molecule has 147 heavy (non-hydrogen) atoms. The largest absolute Gasteiger partial charge is 0.418 e. The monoisotopic (exact) mass is 2280 g/mol. The number of nitrogens with one attached hydrogen (secondary N) is 7. The smallest absolute Gasteiger partial charge is 0.320 e. The molecule has 7 N–H and O–H groups in total. The van der Waals surface area contributed by atoms with Crippen molar-refractivity contribution < 1.29 is 147 Å². The van der Waals surface area contributed by atoms with Crippen LogP contribution in [0.1, 0.15) is 367 Å². The molecule has 0 saturated heterocycles. The fourth-order valence-corrected chi connectivity index (χ4v) is 25.5. The molecule has 842 valence electrons. The number of hydrogen-bond acceptors (Lipinski definition) is 16. The summed E-state index contributed by atoms with van der Waals surface area (Å²) < 4.78 is 443. The maximum absolute atomic E-state index is 14.0. The predicted molar refractivity (Wildman–Crippen MR) is 538 cm³/mol. The average molecular weight is 2280 g/mol. The quantitative estimate of drug-likeness (QED) is 0.0235. The Morgan fingerprint density at radius 2 is 0.456 bits per heavy atom. The van der Waals surface area contributed by atoms with Crippen molar-refractivity contribution >= 4 is 81.5 Å². The molecule has 22 nitrogen and oxygen atoms in total. The third-order valence-corrected chi connectivity index (χ3v) is 34.2. The van der Waals surface area contributed by atoms with Gasteiger partial charge in [0.05, 0.1) is 62.8 Å². The topological polar surface area (TPSA) is 332 Å². The Bertz CT molecular complexity index is 6170. The van der Waals surface area contributed by atoms with E-state index in [4.69, 9.17) is 0 Å². The molecule has 1 aromatic heterocycles. The minimum atomic E-state index is -4.73. The first-order valence-corrected chi connectivity index (χ1v) is 57.1. The minimum Gasteiger partial charge on any atom is -0.320 e. The van der Waals surface area contributed by atoms with Gasteiger partial charge >= 0.3 is 37.0 Å². The normalized spacial score (nSPS) is 13.7. The summed E-state index contributed by atoms with van der Waals surface area (Å²) in [5.41, 5.74) is -8.58. The molecule has 7 rings (SSSR count). The van der Waals surface area contributed by atoms with Gasteiger partial charge in [-0.3, -0.25) is 0 Å². The van der Waals surface area contributed by atoms with Crippen LogP contribution in [0.15, 0.2) is 149 Å². The first-order chi connectivity index (χ1) is 65.0. The molecule has 0 aliphatic heterocycles. The van der Waals surface area contributed by atoms with Crippen molar-refractivity contribution in [3.05, 3.63) is 192 Å². The Kier molecular flexibility index (Phi) is 47.4. The van der Waals surface area contributed by atoms with Crippen LogP contribution in [0.25, 0.3) is 0 Å². The van der Waals surface area contributed by atoms with Gasteiger partial charge < -0.3 is 4.74 Å². The van der Waals surface area contributed by atoms with E-state index >= 15 is 0 Å². The second-order valence-corrected chi connectivity index (χ2v) is 55.9. The SMILES string of the molecule is CC(C)NS(=O)(=O)c1ccc(C(C)C)cc1C(F)(F)F.CC(C)c1cc(C(F)(F)F)c(S(=O)(=O)NC(C)(C)C)s1.CC(C)c1ccc(S(=O)(=O)NC(C)(C)C)c(C(C)(F)F)c1.CC(C)c1ccc(S(=O)(=O)NC(C)(C)C)c(C(F)(F)F)c1.CC(C)c1ccc(S(=O)(=O)NC(C)(C)C)c(C(F)(F)F)c1.CCC(C)(C)NS(=O)(=O)c1ccc(C(C)C)cc1C(F)(F)F.COC(F)(F)c1cc(C(C)C)ccc1S(=O)(=O)NC(C)(C)C. The number of alkyl halides is 19. The lowest BCUT2D eigenvalue weighted by molar-refractivity contribution is -0.233. The maximum atomic E-state index is 14.0. The third kappa shape index (κ3) is 44.6. The molecule has 0 radical (unpaired) electrons. The first-order valence-electron chi connectivity index (χ1n) is 45.9. The average Bonchev–Trinajstić information content (AvgIpc) is 1.70. The zero-order valence-corrected chi connectivity index (χ0v) is 95.9. The molecule has 7 aromatic rings. The summed E-state index contributed by atoms with van der Waals surface area (Å²) in [6, 6.07) is 21.9. The van der Waals surface area contributed by atoms with Gasteiger partial charge in [-0.2, -0.15) is 74.6 Å². The summed E-state index contributed by atoms with van der Waals surface area (Å²) in [6.45, 7) is 57.7. The van der Waals surface area contributed by atoms with E-state index in [9.17, 15) is 142 Å². The fourth-order valence-electron chi connectivity index (χ4n) is 12.6. The van der Waals surface area contributed by atoms with Gasteiger partial charge in [0.15, 0.2) is 0 Å². The van der Waals surface area contributed by atoms with Crippen LogP contribution in [-0.4, -0.2) is 105 Å². The third-order valence-electron chi connectivity index (χ3n) is 19.7. The van der Waals surface area contributed by atoms with E-state index in [-0.39, 0.29) is 46.3 Å². The van der Waals surface area contributed by atoms with Crippen LogP contribution in [0.5, 0.6) is 0 Å². The van der Waals surface area contributed by atoms with Crippen LogP contribution in [0.4, 0.5) is 83.4 Å². The van der Waals surface area contributed by atoms with Crippen molar-refractivity contribution in [3.63, 3.8) is 0 Å². The van der Waals surface area contributed by atoms with Crippen LogP contribution in [-0.2, 0) is 118 Å². The highest BCUT2D eigenvalue weighted by molar-refractivity contribution is 7.92. The summed E-state index contributed by atoms with van der Waals surface area (Å²) in [6.07, 6.45) is -26.8. The minimum absolute atomic E-state index is 0.0151. The molecular weight excluding hydrogens is 2130 g/mol. The van der Waals surface area contributed by atoms with E-state index < -0.39 is 220 Å². The van der Waals surface area contributed by atoms with Crippen molar-refractivity contribution in [1.82, 2.24) is 33.1 Å². The molecule has 0 unspecified atom stereocenters. The van der Waals surface area contributed by atoms with Crippen LogP contribution in [0.2, 0.25) is 0 Å². The van der Waals surface area contributed by atoms with Gasteiger partial charge in [-0.1, -0.05) is 140 Å². The zero-order chi connectivity index (χ0) is 116. The Labute approximate surface area is 861 Å². The molecule has 6 aromatic carbocycles. The molecule has 49 heteroatoms. The van der Waals surface area contributed by atoms with Gasteiger partial charge in [-0.05, 0) is 292 Å². The van der Waals surface area contributed by atoms with Gasteiger partial charge in [0.25, 0.3) is 15.9 Å². The molecule has 0 bridgehead atoms. The molecule has 0 saturated carbocycles. The number of sulfonamides is 7. The summed E-state index contributed by atoms with van der Waals surface area (Å²) >= 11 is 0.672. The Balaban J connectivity index is 0.000000858. The van der Waals surface area contributed by atoms with E-state index in [1.807, 2.05) is 27.7 Å². The standard InChI is InChI=1S/C15H22F3NO2S.C15H23F2NO3S.C15H23F2NO2S.2C14H20F3NO2S.C13H18F3NO2S.C12H18F3NO2S2/c1-6-14(4,5)19-22(20,21)13-8-7-11(10(2)3)9-12(13)15(16,17)18;1-10(2)11-7-8-13(12(9-11)15(16,17)21-6)22(19,20)18-14(3,4)5;1-10(2)11-7-8-13(12(9-11)15(6,16)17)21(19,20)18-14(3,4)5;2*1-9(2)10-6-7-12(11(8-10)14(15,16)17)21(19,20)18-13(3,4)5;1-8(2)10-5-6-12(11(7-10)13(14,15)16)20(18,19)17-9(3)4;1-7(2)9-6-8(12(13,14)15)10(19-9)20(17,18)16-11(3,4)5/h7-10,19H,6H2,1-5H3;7-10,18H,1-6H3;7-10,18H,1-6H3;2*6-9,18H,1-5H3;5-9,17H,1-4H3;6-7,16H,1-5H3. The van der Waals surface area contributed by atoms with E-state index in [2.05, 4.69) is 37.8 Å². The molecule has 0 amide bonds. The molecular formula is C98H144F19N7O15S8. The molecule has 0 atom stereocenters. The van der Waals surface area contributed by atoms with Crippen molar-refractivity contribution in [2.45, 2.75) is 406 Å². The van der Waals surface area contributed by atoms with E-state index in [1.165, 1.54) is 54.6 Å². The number of benzene rings is 6. The van der Waals surface area contributed by atoms with E-state index in [1.54, 1.807) is 214 Å². The van der Waals surface area contributed by atoms with Crippen LogP contribution < -0.4 is 33.1 Å². The number of methoxy groups -OCH3 is 1. The van der Waals surface area contributed by atoms with Crippen molar-refractivity contribution in [3.8, 4) is 0 Å². The zero-order valence-electron chi connectivity index (χ0n) is 89.4. The molecule has 1 heterocycles. The van der Waals surface area contributed by atoms with Crippen molar-refractivity contribution in [1.29, 1.82) is 0 Å². The number of rotatable bonds is 27. The van der Waals surface area contributed by atoms with E-state index in [0.29, 0.717) is 62.9 Å². The maximum Gasteiger partial charge on any atom is 0.418 e. The number of ether oxygens (including phenoxy) is 1. The van der Waals surface area contributed by atoms with Crippen molar-refractivity contribution in [2.24, 2.45) is 0 Å². The second kappa shape index (κ2) is 50.5. The van der Waals surface area contributed by atoms with Crippen LogP contribution in [0, 0.1) is 0 Å². The Morgan fingerprint density at radius 3 is 0.646 bits per heavy atom. The lowest BCUT2D eigenvalue weighted by atomic mass is 9.99. The number of halogens is 19. The van der Waals surface area contributed by atoms with Gasteiger partial charge in [-0.25, -0.2) is 101 Å². The molecule has 0 aliphatic rings. The van der Waals surface area contributed by atoms with E-state index in [0.717, 1.165) is 61.7 Å². The predicted octanol–water partition coefficient (Wildman–Crippen LogP) is 27.2. The molecule has 0 aliphatic carbocycles. The summed E-state index contributed by atoms with van der Waals surface area (Å²) in [7, 11) is -28.4. The van der Waals surface area contributed by atoms with Crippen LogP contribution >= 0.6 is 11.3 Å². The highest BCUT2D eigenvalue weighted by Crippen LogP contribution is 2.46. The van der Waals surface area contributed by atoms with Crippen LogP contribution in [0.3, 0.4) is 0 Å². The van der Waals surface area contributed by atoms with Crippen molar-refractivity contribution in [2.75, 3.05) is 7.11 Å². The summed E-state index contributed by atoms with van der Waals surface area (Å²) in [4.78, 5) is -3.39. The Hall–Kier alpha value is -6.98. The highest BCUT2D eigenvalue weighted by Gasteiger charge is 2.47. The van der Waals surface area contributed by atoms with Gasteiger partial charge in [0.2, 0.25) is 60.1 Å². The molecule has 0 fully saturated rings. The van der Waals surface area contributed by atoms with Gasteiger partial charge in [0, 0.05) is 63.7 Å². The molecule has 0 spiro atoms. The number of thiophene rings is 1. The Morgan fingerprint density at radius 1 is 0.259 bits per heavy atom. The number of hydrogen-bond donors (Lipinski definition) is 7. The highest BCUT2D eigenvalue weighted by atomic mass is 32.3. The lowest BCUT2D eigenvalue weighted by Gasteiger charge is -2.25. The van der Waals surface area contributed by atoms with Gasteiger partial charge in [-0.15, -0.1) is 11.3 Å². The fraction of sp³-hybridized carbons (Fsp3) is 0.592. The first kappa shape index (κ1) is 138. The van der Waals surface area contributed by atoms with Gasteiger partial charge in [0.1, 0.15) is 4.21 Å². The lowest BCUT2D eigenvalue weighted by Crippen LogP contribution is -2.43.